The number of hydrogen-bond donors (Lipinski definition) is 0. The van der Waals surface area contributed by atoms with Crippen LogP contribution in [0.2, 0.25) is 0 Å². The van der Waals surface area contributed by atoms with Crippen LogP contribution in [0, 0.1) is 3.70 Å². The first-order chi connectivity index (χ1) is 7.09. The van der Waals surface area contributed by atoms with Crippen LogP contribution in [0.4, 0.5) is 13.2 Å². The molecule has 0 aliphatic rings. The van der Waals surface area contributed by atoms with Gasteiger partial charge in [0.05, 0.1) is 12.6 Å². The normalized spacial score (nSPS) is 13.0. The summed E-state index contributed by atoms with van der Waals surface area (Å²) in [6, 6.07) is 0. The Morgan fingerprint density at radius 3 is 2.00 bits per heavy atom. The van der Waals surface area contributed by atoms with E-state index in [1.54, 1.807) is 43.4 Å². The van der Waals surface area contributed by atoms with E-state index in [1.165, 1.54) is 11.8 Å². The number of aromatic nitrogens is 2. The van der Waals surface area contributed by atoms with Crippen molar-refractivity contribution in [1.82, 2.24) is 9.78 Å². The topological polar surface area (TPSA) is 27.1 Å². The molecule has 0 unspecified atom stereocenters. The fourth-order valence-corrected chi connectivity index (χ4v) is 2.57. The average Bonchev–Trinajstić information content (AvgIpc) is 2.40. The first kappa shape index (κ1) is 13.6. The van der Waals surface area contributed by atoms with Crippen molar-refractivity contribution in [2.45, 2.75) is 32.5 Å². The van der Waals surface area contributed by atoms with Gasteiger partial charge in [-0.2, -0.15) is 13.2 Å². The molecule has 1 rings (SSSR count). The summed E-state index contributed by atoms with van der Waals surface area (Å²) in [7, 11) is 1.18. The highest BCUT2D eigenvalue weighted by molar-refractivity contribution is 14.1. The lowest BCUT2D eigenvalue weighted by Crippen LogP contribution is -2.25. The molecule has 92 valence electrons. The van der Waals surface area contributed by atoms with Gasteiger partial charge in [-0.1, -0.05) is 0 Å². The number of ether oxygens (including phenoxy) is 1. The molecular weight excluding hydrogens is 336 g/mol. The molecule has 1 aromatic heterocycles. The van der Waals surface area contributed by atoms with E-state index in [1.807, 2.05) is 0 Å². The Labute approximate surface area is 105 Å². The number of rotatable bonds is 1. The molecule has 0 atom stereocenters. The van der Waals surface area contributed by atoms with E-state index >= 15 is 0 Å². The van der Waals surface area contributed by atoms with Gasteiger partial charge in [0.2, 0.25) is 5.88 Å². The van der Waals surface area contributed by atoms with E-state index in [9.17, 15) is 13.2 Å². The van der Waals surface area contributed by atoms with Crippen LogP contribution in [-0.2, 0) is 11.7 Å². The monoisotopic (exact) mass is 348 g/mol. The Hall–Kier alpha value is -0.470. The molecule has 0 aromatic carbocycles. The fraction of sp³-hybridized carbons (Fsp3) is 0.667. The highest BCUT2D eigenvalue weighted by Gasteiger charge is 2.41. The van der Waals surface area contributed by atoms with Gasteiger partial charge in [0, 0.05) is 0 Å². The van der Waals surface area contributed by atoms with Crippen molar-refractivity contribution in [2.75, 3.05) is 7.11 Å². The maximum Gasteiger partial charge on any atom is 0.424 e. The van der Waals surface area contributed by atoms with Crippen LogP contribution < -0.4 is 4.74 Å². The summed E-state index contributed by atoms with van der Waals surface area (Å²) in [4.78, 5) is 0. The summed E-state index contributed by atoms with van der Waals surface area (Å²) in [6.45, 7) is 5.34. The summed E-state index contributed by atoms with van der Waals surface area (Å²) in [6.07, 6.45) is -4.45. The number of alkyl halides is 3. The predicted molar refractivity (Wildman–Crippen MR) is 61.5 cm³/mol. The Morgan fingerprint density at radius 1 is 1.25 bits per heavy atom. The molecule has 0 amide bonds. The van der Waals surface area contributed by atoms with Crippen LogP contribution in [0.15, 0.2) is 0 Å². The molecular formula is C9H12F3IN2O. The first-order valence-electron chi connectivity index (χ1n) is 4.49. The predicted octanol–water partition coefficient (Wildman–Crippen LogP) is 3.27. The lowest BCUT2D eigenvalue weighted by atomic mass is 10.1. The minimum Gasteiger partial charge on any atom is -0.479 e. The summed E-state index contributed by atoms with van der Waals surface area (Å²) >= 11 is 1.64. The van der Waals surface area contributed by atoms with Crippen molar-refractivity contribution in [3.8, 4) is 5.88 Å². The van der Waals surface area contributed by atoms with Gasteiger partial charge in [-0.15, -0.1) is 5.10 Å². The SMILES string of the molecule is COc1nn(C(C)(C)C)c(I)c1C(F)(F)F. The fourth-order valence-electron chi connectivity index (χ4n) is 1.20. The largest absolute Gasteiger partial charge is 0.479 e. The van der Waals surface area contributed by atoms with Crippen LogP contribution in [0.25, 0.3) is 0 Å². The zero-order valence-electron chi connectivity index (χ0n) is 9.31. The van der Waals surface area contributed by atoms with E-state index in [0.29, 0.717) is 0 Å². The lowest BCUT2D eigenvalue weighted by molar-refractivity contribution is -0.139. The van der Waals surface area contributed by atoms with Gasteiger partial charge in [0.1, 0.15) is 3.70 Å². The molecule has 0 N–H and O–H groups in total. The molecule has 1 aromatic rings. The Balaban J connectivity index is 3.45. The van der Waals surface area contributed by atoms with Crippen LogP contribution >= 0.6 is 22.6 Å². The zero-order chi connectivity index (χ0) is 12.7. The number of halogens is 4. The average molecular weight is 348 g/mol. The minimum absolute atomic E-state index is 0.0365. The Kier molecular flexibility index (Phi) is 3.47. The molecule has 0 fully saturated rings. The third kappa shape index (κ3) is 2.44. The highest BCUT2D eigenvalue weighted by atomic mass is 127. The van der Waals surface area contributed by atoms with Crippen LogP contribution in [0.5, 0.6) is 5.88 Å². The van der Waals surface area contributed by atoms with Crippen molar-refractivity contribution in [1.29, 1.82) is 0 Å². The maximum atomic E-state index is 12.8. The van der Waals surface area contributed by atoms with Gasteiger partial charge in [-0.05, 0) is 43.4 Å². The van der Waals surface area contributed by atoms with Crippen molar-refractivity contribution in [3.63, 3.8) is 0 Å². The standard InChI is InChI=1S/C9H12F3IN2O/c1-8(2,3)15-6(13)5(9(10,11)12)7(14-15)16-4/h1-4H3. The van der Waals surface area contributed by atoms with Crippen molar-refractivity contribution in [3.05, 3.63) is 9.26 Å². The molecule has 0 saturated carbocycles. The lowest BCUT2D eigenvalue weighted by Gasteiger charge is -2.20. The number of hydrogen-bond acceptors (Lipinski definition) is 2. The molecule has 16 heavy (non-hydrogen) atoms. The van der Waals surface area contributed by atoms with Gasteiger partial charge < -0.3 is 4.74 Å². The molecule has 0 aliphatic heterocycles. The van der Waals surface area contributed by atoms with E-state index in [-0.39, 0.29) is 9.58 Å². The molecule has 0 aliphatic carbocycles. The second-order valence-corrected chi connectivity index (χ2v) is 5.28. The van der Waals surface area contributed by atoms with Crippen molar-refractivity contribution >= 4 is 22.6 Å². The van der Waals surface area contributed by atoms with E-state index in [0.717, 1.165) is 0 Å². The van der Waals surface area contributed by atoms with Gasteiger partial charge in [-0.25, -0.2) is 4.68 Å². The van der Waals surface area contributed by atoms with Gasteiger partial charge in [-0.3, -0.25) is 0 Å². The molecule has 1 heterocycles. The smallest absolute Gasteiger partial charge is 0.424 e. The number of nitrogens with zero attached hydrogens (tertiary/aromatic N) is 2. The van der Waals surface area contributed by atoms with Gasteiger partial charge >= 0.3 is 6.18 Å². The third-order valence-corrected chi connectivity index (χ3v) is 2.91. The van der Waals surface area contributed by atoms with E-state index in [4.69, 9.17) is 0 Å². The Morgan fingerprint density at radius 2 is 1.75 bits per heavy atom. The molecule has 0 bridgehead atoms. The Bertz CT molecular complexity index is 393. The van der Waals surface area contributed by atoms with E-state index < -0.39 is 17.3 Å². The summed E-state index contributed by atoms with van der Waals surface area (Å²) in [5.41, 5.74) is -1.33. The van der Waals surface area contributed by atoms with Crippen LogP contribution in [0.3, 0.4) is 0 Å². The van der Waals surface area contributed by atoms with Crippen LogP contribution in [0.1, 0.15) is 26.3 Å². The first-order valence-corrected chi connectivity index (χ1v) is 5.57. The molecule has 0 spiro atoms. The molecule has 0 saturated heterocycles. The number of methoxy groups -OCH3 is 1. The second kappa shape index (κ2) is 4.08. The second-order valence-electron chi connectivity index (χ2n) is 4.26. The molecule has 7 heteroatoms. The summed E-state index contributed by atoms with van der Waals surface area (Å²) in [5, 5.41) is 3.83. The minimum atomic E-state index is -4.45. The molecule has 3 nitrogen and oxygen atoms in total. The summed E-state index contributed by atoms with van der Waals surface area (Å²) < 4.78 is 44.3. The molecule has 0 radical (unpaired) electrons. The van der Waals surface area contributed by atoms with Crippen molar-refractivity contribution < 1.29 is 17.9 Å². The summed E-state index contributed by atoms with van der Waals surface area (Å²) in [5.74, 6) is -0.383. The van der Waals surface area contributed by atoms with Crippen molar-refractivity contribution in [2.24, 2.45) is 0 Å². The van der Waals surface area contributed by atoms with Gasteiger partial charge in [0.25, 0.3) is 0 Å². The quantitative estimate of drug-likeness (QED) is 0.729. The highest BCUT2D eigenvalue weighted by Crippen LogP contribution is 2.40. The third-order valence-electron chi connectivity index (χ3n) is 1.91. The van der Waals surface area contributed by atoms with Gasteiger partial charge in [0.15, 0.2) is 5.56 Å². The van der Waals surface area contributed by atoms with Crippen LogP contribution in [-0.4, -0.2) is 16.9 Å². The maximum absolute atomic E-state index is 12.8. The zero-order valence-corrected chi connectivity index (χ0v) is 11.5. The van der Waals surface area contributed by atoms with E-state index in [2.05, 4.69) is 9.84 Å².